The van der Waals surface area contributed by atoms with Crippen molar-refractivity contribution in [3.8, 4) is 0 Å². The number of aryl methyl sites for hydroxylation is 1. The van der Waals surface area contributed by atoms with E-state index in [2.05, 4.69) is 5.32 Å². The number of aromatic carboxylic acids is 1. The summed E-state index contributed by atoms with van der Waals surface area (Å²) in [5.74, 6) is -6.18. The number of carbonyl (C=O) groups excluding carboxylic acids is 2. The van der Waals surface area contributed by atoms with Gasteiger partial charge >= 0.3 is 5.97 Å². The van der Waals surface area contributed by atoms with Gasteiger partial charge in [-0.15, -0.1) is 0 Å². The van der Waals surface area contributed by atoms with Crippen LogP contribution in [0.1, 0.15) is 75.5 Å². The van der Waals surface area contributed by atoms with E-state index in [1.165, 1.54) is 28.9 Å². The molecule has 1 aliphatic heterocycles. The first-order chi connectivity index (χ1) is 24.0. The second-order valence-corrected chi connectivity index (χ2v) is 15.6. The van der Waals surface area contributed by atoms with Crippen molar-refractivity contribution < 1.29 is 43.6 Å². The highest BCUT2D eigenvalue weighted by Gasteiger charge is 2.76. The lowest BCUT2D eigenvalue weighted by molar-refractivity contribution is -0.221. The number of nitrogens with zero attached hydrogens (tertiary/aromatic N) is 2. The van der Waals surface area contributed by atoms with Gasteiger partial charge in [-0.3, -0.25) is 14.4 Å². The highest BCUT2D eigenvalue weighted by Crippen LogP contribution is 2.71. The van der Waals surface area contributed by atoms with Crippen LogP contribution in [0, 0.1) is 34.4 Å². The number of anilines is 1. The van der Waals surface area contributed by atoms with Crippen LogP contribution in [0.15, 0.2) is 40.7 Å². The number of piperazine rings is 1. The molecule has 5 N–H and O–H groups in total. The zero-order valence-electron chi connectivity index (χ0n) is 29.2. The van der Waals surface area contributed by atoms with Gasteiger partial charge in [-0.25, -0.2) is 13.6 Å². The van der Waals surface area contributed by atoms with Gasteiger partial charge in [0.25, 0.3) is 0 Å². The summed E-state index contributed by atoms with van der Waals surface area (Å²) in [6.07, 6.45) is 0.704. The van der Waals surface area contributed by atoms with E-state index in [-0.39, 0.29) is 48.2 Å². The lowest BCUT2D eigenvalue weighted by Crippen LogP contribution is -2.69. The molecule has 0 spiro atoms. The molecule has 2 unspecified atom stereocenters. The number of carboxylic acids is 1. The Hall–Kier alpha value is -3.78. The summed E-state index contributed by atoms with van der Waals surface area (Å²) in [5.41, 5.74) is -9.01. The third-order valence-corrected chi connectivity index (χ3v) is 13.5. The molecule has 2 heterocycles. The quantitative estimate of drug-likeness (QED) is 0.300. The maximum Gasteiger partial charge on any atom is 0.341 e. The number of alkyl halides is 1. The van der Waals surface area contributed by atoms with Crippen LogP contribution in [0.3, 0.4) is 0 Å². The molecular weight excluding hydrogens is 664 g/mol. The second-order valence-electron chi connectivity index (χ2n) is 15.6. The van der Waals surface area contributed by atoms with Crippen LogP contribution in [-0.4, -0.2) is 86.1 Å². The summed E-state index contributed by atoms with van der Waals surface area (Å²) in [6.45, 7) is 8.63. The number of pyridine rings is 1. The molecule has 2 aromatic rings. The third-order valence-electron chi connectivity index (χ3n) is 13.5. The standard InChI is InChI=1S/C38H45F2N3O8/c1-5-43-26-17-27(42-12-10-41-11-13-42)25(39)16-22(26)31(46)29(34(49)50)30(43)32(47)33(48)38(51)19(2)14-24-23-7-6-20-15-21(44)8-9-35(20,3)37(23,40)28(45)18-36(24,38)4/h8-9,15-17,19,23-24,28,32,41,45,47,51H,5-7,10-14,18H2,1-4H3,(H,49,50)/t19-,23+,24+,28+,32?,35+,36+,37?,38+/m1/s1. The normalized spacial score (nSPS) is 36.7. The number of allylic oxidation sites excluding steroid dienone is 4. The Bertz CT molecular complexity index is 1990. The summed E-state index contributed by atoms with van der Waals surface area (Å²) in [6, 6.07) is 2.41. The molecule has 1 aromatic carbocycles. The Labute approximate surface area is 293 Å². The van der Waals surface area contributed by atoms with Gasteiger partial charge in [0.05, 0.1) is 23.0 Å². The van der Waals surface area contributed by atoms with E-state index in [1.54, 1.807) is 32.6 Å². The van der Waals surface area contributed by atoms with Crippen molar-refractivity contribution in [2.24, 2.45) is 28.6 Å². The fraction of sp³-hybridized carbons (Fsp3) is 0.579. The van der Waals surface area contributed by atoms with E-state index < -0.39 is 86.3 Å². The first-order valence-corrected chi connectivity index (χ1v) is 17.8. The van der Waals surface area contributed by atoms with Crippen LogP contribution in [-0.2, 0) is 16.1 Å². The first-order valence-electron chi connectivity index (χ1n) is 17.8. The maximum absolute atomic E-state index is 17.7. The number of carbonyl (C=O) groups is 3. The average molecular weight is 710 g/mol. The van der Waals surface area contributed by atoms with E-state index in [9.17, 15) is 39.6 Å². The Morgan fingerprint density at radius 3 is 2.47 bits per heavy atom. The smallest absolute Gasteiger partial charge is 0.341 e. The van der Waals surface area contributed by atoms with Crippen LogP contribution in [0.4, 0.5) is 14.5 Å². The van der Waals surface area contributed by atoms with Crippen molar-refractivity contribution in [2.45, 2.75) is 83.4 Å². The van der Waals surface area contributed by atoms with Crippen molar-refractivity contribution in [1.82, 2.24) is 9.88 Å². The minimum atomic E-state index is -2.37. The van der Waals surface area contributed by atoms with Gasteiger partial charge in [0.2, 0.25) is 5.43 Å². The molecule has 11 nitrogen and oxygen atoms in total. The summed E-state index contributed by atoms with van der Waals surface area (Å²) in [5, 5.41) is 49.7. The van der Waals surface area contributed by atoms with E-state index in [4.69, 9.17) is 0 Å². The molecule has 4 aliphatic carbocycles. The summed E-state index contributed by atoms with van der Waals surface area (Å²) >= 11 is 0. The number of hydrogen-bond acceptors (Lipinski definition) is 9. The summed E-state index contributed by atoms with van der Waals surface area (Å²) in [7, 11) is 0. The monoisotopic (exact) mass is 709 g/mol. The zero-order valence-corrected chi connectivity index (χ0v) is 29.2. The lowest BCUT2D eigenvalue weighted by atomic mass is 9.44. The number of Topliss-reactive ketones (excluding diaryl/α,β-unsaturated/α-hetero) is 1. The van der Waals surface area contributed by atoms with Crippen molar-refractivity contribution >= 4 is 34.1 Å². The number of hydrogen-bond donors (Lipinski definition) is 5. The van der Waals surface area contributed by atoms with Crippen molar-refractivity contribution in [1.29, 1.82) is 0 Å². The minimum absolute atomic E-state index is 0.0210. The van der Waals surface area contributed by atoms with E-state index in [1.807, 2.05) is 0 Å². The fourth-order valence-electron chi connectivity index (χ4n) is 10.9. The van der Waals surface area contributed by atoms with Gasteiger partial charge < -0.3 is 35.2 Å². The molecule has 4 fully saturated rings. The third kappa shape index (κ3) is 4.60. The molecule has 51 heavy (non-hydrogen) atoms. The van der Waals surface area contributed by atoms with Crippen LogP contribution in [0.25, 0.3) is 10.9 Å². The van der Waals surface area contributed by atoms with Crippen LogP contribution in [0.5, 0.6) is 0 Å². The first kappa shape index (κ1) is 35.6. The number of nitrogens with one attached hydrogen (secondary N) is 1. The van der Waals surface area contributed by atoms with Gasteiger partial charge in [0, 0.05) is 54.9 Å². The Morgan fingerprint density at radius 2 is 1.82 bits per heavy atom. The highest BCUT2D eigenvalue weighted by molar-refractivity contribution is 6.01. The van der Waals surface area contributed by atoms with Crippen LogP contribution >= 0.6 is 0 Å². The van der Waals surface area contributed by atoms with Gasteiger partial charge in [-0.2, -0.15) is 0 Å². The fourth-order valence-corrected chi connectivity index (χ4v) is 10.9. The van der Waals surface area contributed by atoms with Crippen LogP contribution < -0.4 is 15.6 Å². The summed E-state index contributed by atoms with van der Waals surface area (Å²) < 4.78 is 34.5. The van der Waals surface area contributed by atoms with Crippen LogP contribution in [0.2, 0.25) is 0 Å². The molecule has 1 aromatic heterocycles. The number of aliphatic hydroxyl groups excluding tert-OH is 2. The van der Waals surface area contributed by atoms with E-state index in [0.717, 1.165) is 6.07 Å². The predicted octanol–water partition coefficient (Wildman–Crippen LogP) is 3.22. The van der Waals surface area contributed by atoms with Gasteiger partial charge in [-0.05, 0) is 75.7 Å². The van der Waals surface area contributed by atoms with Crippen molar-refractivity contribution in [2.75, 3.05) is 31.1 Å². The lowest BCUT2D eigenvalue weighted by Gasteiger charge is -2.62. The minimum Gasteiger partial charge on any atom is -0.477 e. The average Bonchev–Trinajstić information content (AvgIpc) is 3.29. The number of aromatic nitrogens is 1. The molecule has 5 aliphatic rings. The number of benzene rings is 1. The van der Waals surface area contributed by atoms with E-state index in [0.29, 0.717) is 38.2 Å². The molecule has 13 heteroatoms. The number of carboxylic acid groups (broad SMARTS) is 1. The Kier molecular flexibility index (Phi) is 8.29. The van der Waals surface area contributed by atoms with Crippen molar-refractivity contribution in [3.63, 3.8) is 0 Å². The van der Waals surface area contributed by atoms with E-state index >= 15 is 8.78 Å². The predicted molar refractivity (Wildman–Crippen MR) is 184 cm³/mol. The van der Waals surface area contributed by atoms with Gasteiger partial charge in [0.1, 0.15) is 17.0 Å². The highest BCUT2D eigenvalue weighted by atomic mass is 19.1. The number of aliphatic hydroxyl groups is 3. The van der Waals surface area contributed by atoms with Gasteiger partial charge in [0.15, 0.2) is 23.3 Å². The largest absolute Gasteiger partial charge is 0.477 e. The zero-order chi connectivity index (χ0) is 37.0. The van der Waals surface area contributed by atoms with Crippen molar-refractivity contribution in [3.05, 3.63) is 63.2 Å². The number of ketones is 2. The SMILES string of the molecule is CCn1c(C(O)C(=O)[C@@]2(O)[C@H](C)C[C@H]3[C@@H]4CCC5=CC(=O)C=C[C@]5(C)C4(F)[C@@H](O)C[C@@]32C)c(C(=O)O)c(=O)c2cc(F)c(N3CCNCC3)cc21. The Balaban J connectivity index is 1.34. The summed E-state index contributed by atoms with van der Waals surface area (Å²) in [4.78, 5) is 55.3. The second kappa shape index (κ2) is 11.9. The molecule has 7 rings (SSSR count). The molecule has 0 amide bonds. The molecule has 1 saturated heterocycles. The molecule has 9 atom stereocenters. The maximum atomic E-state index is 17.7. The molecule has 274 valence electrons. The number of fused-ring (bicyclic) bond motifs is 6. The molecule has 0 radical (unpaired) electrons. The molecular formula is C38H45F2N3O8. The Morgan fingerprint density at radius 1 is 1.14 bits per heavy atom. The molecule has 3 saturated carbocycles. The van der Waals surface area contributed by atoms with Gasteiger partial charge in [-0.1, -0.05) is 25.5 Å². The molecule has 0 bridgehead atoms. The topological polar surface area (TPSA) is 169 Å². The number of rotatable bonds is 6. The number of halogens is 2.